The second-order valence-corrected chi connectivity index (χ2v) is 6.25. The number of aromatic nitrogens is 3. The van der Waals surface area contributed by atoms with Gasteiger partial charge in [0.15, 0.2) is 5.58 Å². The Bertz CT molecular complexity index is 810. The van der Waals surface area contributed by atoms with Gasteiger partial charge in [0.2, 0.25) is 0 Å². The van der Waals surface area contributed by atoms with Crippen LogP contribution in [0.15, 0.2) is 41.1 Å². The fourth-order valence-electron chi connectivity index (χ4n) is 3.44. The number of para-hydroxylation sites is 2. The van der Waals surface area contributed by atoms with Gasteiger partial charge in [0.1, 0.15) is 11.3 Å². The van der Waals surface area contributed by atoms with E-state index in [1.807, 2.05) is 43.7 Å². The zero-order chi connectivity index (χ0) is 17.2. The number of ether oxygens (including phenoxy) is 1. The third-order valence-corrected chi connectivity index (χ3v) is 4.73. The highest BCUT2D eigenvalue weighted by Crippen LogP contribution is 2.28. The van der Waals surface area contributed by atoms with Gasteiger partial charge in [-0.3, -0.25) is 4.90 Å². The Morgan fingerprint density at radius 3 is 2.96 bits per heavy atom. The fraction of sp³-hybridized carbons (Fsp3) is 0.444. The smallest absolute Gasteiger partial charge is 0.295 e. The van der Waals surface area contributed by atoms with E-state index in [4.69, 9.17) is 9.15 Å². The van der Waals surface area contributed by atoms with Crippen molar-refractivity contribution in [1.82, 2.24) is 19.4 Å². The Kier molecular flexibility index (Phi) is 4.42. The van der Waals surface area contributed by atoms with E-state index >= 15 is 0 Å². The molecule has 1 fully saturated rings. The molecule has 7 nitrogen and oxygen atoms in total. The molecule has 7 heteroatoms. The van der Waals surface area contributed by atoms with Crippen LogP contribution in [-0.2, 0) is 11.8 Å². The number of aryl methyl sites for hydroxylation is 1. The number of imidazole rings is 1. The van der Waals surface area contributed by atoms with Crippen molar-refractivity contribution in [1.29, 1.82) is 0 Å². The van der Waals surface area contributed by atoms with Crippen molar-refractivity contribution in [2.45, 2.75) is 19.1 Å². The quantitative estimate of drug-likeness (QED) is 0.769. The molecular formula is C18H23N5O2. The van der Waals surface area contributed by atoms with E-state index in [1.165, 1.54) is 0 Å². The number of nitrogens with one attached hydrogen (secondary N) is 1. The largest absolute Gasteiger partial charge is 0.424 e. The van der Waals surface area contributed by atoms with Crippen molar-refractivity contribution in [3.05, 3.63) is 42.5 Å². The molecule has 2 atom stereocenters. The maximum atomic E-state index is 6.07. The number of hydrogen-bond acceptors (Lipinski definition) is 6. The van der Waals surface area contributed by atoms with E-state index in [9.17, 15) is 0 Å². The van der Waals surface area contributed by atoms with Crippen molar-refractivity contribution in [2.75, 3.05) is 31.6 Å². The first-order chi connectivity index (χ1) is 12.3. The summed E-state index contributed by atoms with van der Waals surface area (Å²) in [5.74, 6) is 1.02. The summed E-state index contributed by atoms with van der Waals surface area (Å²) in [5.41, 5.74) is 1.63. The van der Waals surface area contributed by atoms with Gasteiger partial charge in [-0.25, -0.2) is 4.98 Å². The molecule has 1 N–H and O–H groups in total. The number of likely N-dealkylation sites (N-methyl/N-ethyl adjacent to an activating group) is 1. The lowest BCUT2D eigenvalue weighted by Gasteiger charge is -2.40. The molecule has 0 amide bonds. The normalized spacial score (nSPS) is 21.7. The molecule has 0 radical (unpaired) electrons. The SMILES string of the molecule is CCN1CCO[C@@H](CNc2nc3ccccc3o2)[C@@H]1c1nccn1C. The van der Waals surface area contributed by atoms with Gasteiger partial charge in [-0.05, 0) is 18.7 Å². The summed E-state index contributed by atoms with van der Waals surface area (Å²) in [4.78, 5) is 11.4. The number of hydrogen-bond donors (Lipinski definition) is 1. The molecular weight excluding hydrogens is 318 g/mol. The topological polar surface area (TPSA) is 68.3 Å². The van der Waals surface area contributed by atoms with Crippen molar-refractivity contribution >= 4 is 17.1 Å². The van der Waals surface area contributed by atoms with E-state index in [-0.39, 0.29) is 12.1 Å². The van der Waals surface area contributed by atoms with Gasteiger partial charge in [-0.1, -0.05) is 19.1 Å². The van der Waals surface area contributed by atoms with Gasteiger partial charge < -0.3 is 19.0 Å². The molecule has 2 aromatic heterocycles. The lowest BCUT2D eigenvalue weighted by molar-refractivity contribution is -0.0676. The molecule has 0 aliphatic carbocycles. The summed E-state index contributed by atoms with van der Waals surface area (Å²) in [7, 11) is 2.02. The average Bonchev–Trinajstić information content (AvgIpc) is 3.25. The Balaban J connectivity index is 1.53. The molecule has 1 aliphatic heterocycles. The average molecular weight is 341 g/mol. The number of oxazole rings is 1. The van der Waals surface area contributed by atoms with Crippen molar-refractivity contribution < 1.29 is 9.15 Å². The van der Waals surface area contributed by atoms with E-state index < -0.39 is 0 Å². The molecule has 0 bridgehead atoms. The number of nitrogens with zero attached hydrogens (tertiary/aromatic N) is 4. The number of fused-ring (bicyclic) bond motifs is 1. The summed E-state index contributed by atoms with van der Waals surface area (Å²) in [6.07, 6.45) is 3.79. The predicted octanol–water partition coefficient (Wildman–Crippen LogP) is 2.44. The second kappa shape index (κ2) is 6.85. The van der Waals surface area contributed by atoms with E-state index in [2.05, 4.69) is 31.7 Å². The van der Waals surface area contributed by atoms with Crippen LogP contribution in [-0.4, -0.2) is 51.8 Å². The van der Waals surface area contributed by atoms with Crippen LogP contribution in [0.1, 0.15) is 18.8 Å². The molecule has 0 unspecified atom stereocenters. The molecule has 0 spiro atoms. The number of rotatable bonds is 5. The molecule has 1 saturated heterocycles. The first-order valence-electron chi connectivity index (χ1n) is 8.68. The monoisotopic (exact) mass is 341 g/mol. The number of benzene rings is 1. The molecule has 25 heavy (non-hydrogen) atoms. The van der Waals surface area contributed by atoms with Crippen molar-refractivity contribution in [3.8, 4) is 0 Å². The van der Waals surface area contributed by atoms with E-state index in [0.717, 1.165) is 30.0 Å². The predicted molar refractivity (Wildman–Crippen MR) is 95.4 cm³/mol. The van der Waals surface area contributed by atoms with Crippen LogP contribution in [0.5, 0.6) is 0 Å². The molecule has 1 aromatic carbocycles. The van der Waals surface area contributed by atoms with Crippen LogP contribution in [0, 0.1) is 0 Å². The second-order valence-electron chi connectivity index (χ2n) is 6.25. The van der Waals surface area contributed by atoms with Crippen LogP contribution in [0.25, 0.3) is 11.1 Å². The fourth-order valence-corrected chi connectivity index (χ4v) is 3.44. The Hall–Kier alpha value is -2.38. The Labute approximate surface area is 146 Å². The minimum absolute atomic E-state index is 0.0233. The lowest BCUT2D eigenvalue weighted by atomic mass is 10.1. The summed E-state index contributed by atoms with van der Waals surface area (Å²) >= 11 is 0. The molecule has 0 saturated carbocycles. The maximum Gasteiger partial charge on any atom is 0.295 e. The highest BCUT2D eigenvalue weighted by molar-refractivity contribution is 5.74. The van der Waals surface area contributed by atoms with Gasteiger partial charge in [-0.15, -0.1) is 0 Å². The van der Waals surface area contributed by atoms with Crippen molar-refractivity contribution in [2.24, 2.45) is 7.05 Å². The number of morpholine rings is 1. The van der Waals surface area contributed by atoms with Crippen molar-refractivity contribution in [3.63, 3.8) is 0 Å². The minimum atomic E-state index is -0.0233. The van der Waals surface area contributed by atoms with Crippen LogP contribution in [0.3, 0.4) is 0 Å². The lowest BCUT2D eigenvalue weighted by Crippen LogP contribution is -2.48. The zero-order valence-corrected chi connectivity index (χ0v) is 14.6. The van der Waals surface area contributed by atoms with Crippen LogP contribution in [0.2, 0.25) is 0 Å². The van der Waals surface area contributed by atoms with E-state index in [0.29, 0.717) is 19.2 Å². The van der Waals surface area contributed by atoms with Gasteiger partial charge in [0.05, 0.1) is 18.8 Å². The highest BCUT2D eigenvalue weighted by atomic mass is 16.5. The van der Waals surface area contributed by atoms with Gasteiger partial charge in [0, 0.05) is 32.5 Å². The zero-order valence-electron chi connectivity index (χ0n) is 14.6. The first-order valence-corrected chi connectivity index (χ1v) is 8.68. The first kappa shape index (κ1) is 16.1. The molecule has 3 heterocycles. The minimum Gasteiger partial charge on any atom is -0.424 e. The number of anilines is 1. The Morgan fingerprint density at radius 1 is 1.32 bits per heavy atom. The van der Waals surface area contributed by atoms with Gasteiger partial charge in [0.25, 0.3) is 6.01 Å². The summed E-state index contributed by atoms with van der Waals surface area (Å²) < 4.78 is 13.9. The standard InChI is InChI=1S/C18H23N5O2/c1-3-23-10-11-24-15(16(23)17-19-8-9-22(17)2)12-20-18-21-13-6-4-5-7-14(13)25-18/h4-9,15-16H,3,10-12H2,1-2H3,(H,20,21)/t15-,16+/m0/s1. The Morgan fingerprint density at radius 2 is 2.20 bits per heavy atom. The summed E-state index contributed by atoms with van der Waals surface area (Å²) in [6.45, 7) is 5.37. The summed E-state index contributed by atoms with van der Waals surface area (Å²) in [5, 5.41) is 3.29. The van der Waals surface area contributed by atoms with E-state index in [1.54, 1.807) is 0 Å². The van der Waals surface area contributed by atoms with Crippen LogP contribution < -0.4 is 5.32 Å². The third-order valence-electron chi connectivity index (χ3n) is 4.73. The molecule has 132 valence electrons. The van der Waals surface area contributed by atoms with Crippen LogP contribution in [0.4, 0.5) is 6.01 Å². The van der Waals surface area contributed by atoms with Crippen LogP contribution >= 0.6 is 0 Å². The molecule has 3 aromatic rings. The van der Waals surface area contributed by atoms with Gasteiger partial charge >= 0.3 is 0 Å². The summed E-state index contributed by atoms with van der Waals surface area (Å²) in [6, 6.07) is 8.39. The molecule has 4 rings (SSSR count). The van der Waals surface area contributed by atoms with Gasteiger partial charge in [-0.2, -0.15) is 4.98 Å². The maximum absolute atomic E-state index is 6.07. The molecule has 1 aliphatic rings. The third kappa shape index (κ3) is 3.12. The highest BCUT2D eigenvalue weighted by Gasteiger charge is 2.35.